The van der Waals surface area contributed by atoms with Crippen molar-refractivity contribution >= 4 is 17.4 Å². The number of carbonyl (C=O) groups is 1. The van der Waals surface area contributed by atoms with Gasteiger partial charge in [-0.15, -0.1) is 6.42 Å². The molecule has 1 atom stereocenters. The van der Waals surface area contributed by atoms with Gasteiger partial charge in [0.05, 0.1) is 12.2 Å². The Morgan fingerprint density at radius 3 is 2.59 bits per heavy atom. The van der Waals surface area contributed by atoms with Crippen molar-refractivity contribution in [3.05, 3.63) is 64.7 Å². The largest absolute Gasteiger partial charge is 0.480 e. The fourth-order valence-electron chi connectivity index (χ4n) is 2.34. The number of hydrogen-bond donors (Lipinski definition) is 0. The number of ketones is 1. The molecule has 0 bridgehead atoms. The summed E-state index contributed by atoms with van der Waals surface area (Å²) in [6.45, 7) is 0.454. The van der Waals surface area contributed by atoms with Crippen LogP contribution < -0.4 is 4.74 Å². The fraction of sp³-hybridized carbons (Fsp3) is 0.167. The number of rotatable bonds is 5. The van der Waals surface area contributed by atoms with E-state index in [1.807, 2.05) is 0 Å². The van der Waals surface area contributed by atoms with Gasteiger partial charge in [0.2, 0.25) is 5.78 Å². The van der Waals surface area contributed by atoms with Crippen molar-refractivity contribution in [1.82, 2.24) is 0 Å². The summed E-state index contributed by atoms with van der Waals surface area (Å²) in [5, 5.41) is 0.616. The normalized spacial score (nSPS) is 19.3. The number of Topliss-reactive ketones (excluding diaryl/α,β-unsaturated/α-hetero) is 1. The number of carbonyl (C=O) groups excluding carboxylic acids is 1. The molecular weight excluding hydrogens is 300 g/mol. The van der Waals surface area contributed by atoms with E-state index in [0.717, 1.165) is 5.56 Å². The molecule has 2 aromatic carbocycles. The molecule has 4 heteroatoms. The van der Waals surface area contributed by atoms with Crippen LogP contribution in [0.3, 0.4) is 0 Å². The minimum absolute atomic E-state index is 0.110. The summed E-state index contributed by atoms with van der Waals surface area (Å²) in [6.07, 6.45) is 5.21. The van der Waals surface area contributed by atoms with E-state index < -0.39 is 5.60 Å². The molecule has 3 rings (SSSR count). The number of ether oxygens (including phenoxy) is 2. The average Bonchev–Trinajstić information content (AvgIpc) is 3.35. The van der Waals surface area contributed by atoms with E-state index in [2.05, 4.69) is 5.92 Å². The summed E-state index contributed by atoms with van der Waals surface area (Å²) in [7, 11) is 0. The number of terminal acetylenes is 1. The highest BCUT2D eigenvalue weighted by Gasteiger charge is 2.54. The Balaban J connectivity index is 1.94. The Morgan fingerprint density at radius 2 is 1.95 bits per heavy atom. The maximum atomic E-state index is 12.9. The first kappa shape index (κ1) is 14.6. The summed E-state index contributed by atoms with van der Waals surface area (Å²) < 4.78 is 11.0. The second kappa shape index (κ2) is 5.84. The van der Waals surface area contributed by atoms with Crippen LogP contribution >= 0.6 is 11.6 Å². The lowest BCUT2D eigenvalue weighted by Crippen LogP contribution is -2.23. The quantitative estimate of drug-likeness (QED) is 0.482. The number of benzene rings is 2. The first-order chi connectivity index (χ1) is 10.7. The van der Waals surface area contributed by atoms with Crippen molar-refractivity contribution in [3.8, 4) is 18.1 Å². The van der Waals surface area contributed by atoms with Crippen LogP contribution in [0.4, 0.5) is 0 Å². The highest BCUT2D eigenvalue weighted by Crippen LogP contribution is 2.43. The maximum absolute atomic E-state index is 12.9. The Kier molecular flexibility index (Phi) is 3.89. The van der Waals surface area contributed by atoms with Crippen LogP contribution in [-0.2, 0) is 10.3 Å². The van der Waals surface area contributed by atoms with Gasteiger partial charge in [-0.05, 0) is 29.8 Å². The molecule has 0 N–H and O–H groups in total. The van der Waals surface area contributed by atoms with Crippen LogP contribution in [0.5, 0.6) is 5.75 Å². The van der Waals surface area contributed by atoms with Crippen LogP contribution in [0.1, 0.15) is 15.9 Å². The molecular formula is C18H13ClO3. The minimum atomic E-state index is -0.944. The van der Waals surface area contributed by atoms with Crippen molar-refractivity contribution in [1.29, 1.82) is 0 Å². The van der Waals surface area contributed by atoms with Gasteiger partial charge in [-0.2, -0.15) is 0 Å². The molecule has 1 fully saturated rings. The van der Waals surface area contributed by atoms with E-state index in [9.17, 15) is 4.79 Å². The summed E-state index contributed by atoms with van der Waals surface area (Å²) in [4.78, 5) is 12.9. The van der Waals surface area contributed by atoms with E-state index in [0.29, 0.717) is 22.9 Å². The lowest BCUT2D eigenvalue weighted by molar-refractivity contribution is 0.0867. The molecule has 0 aliphatic carbocycles. The van der Waals surface area contributed by atoms with Crippen molar-refractivity contribution in [2.75, 3.05) is 13.2 Å². The van der Waals surface area contributed by atoms with Gasteiger partial charge in [0.15, 0.2) is 5.60 Å². The van der Waals surface area contributed by atoms with Gasteiger partial charge in [-0.1, -0.05) is 41.8 Å². The van der Waals surface area contributed by atoms with Gasteiger partial charge in [0, 0.05) is 5.02 Å². The average molecular weight is 313 g/mol. The molecule has 1 aliphatic heterocycles. The molecule has 1 unspecified atom stereocenters. The predicted molar refractivity (Wildman–Crippen MR) is 84.2 cm³/mol. The van der Waals surface area contributed by atoms with E-state index >= 15 is 0 Å². The van der Waals surface area contributed by atoms with Crippen LogP contribution in [-0.4, -0.2) is 19.0 Å². The zero-order valence-electron chi connectivity index (χ0n) is 11.7. The lowest BCUT2D eigenvalue weighted by atomic mass is 9.90. The van der Waals surface area contributed by atoms with E-state index in [-0.39, 0.29) is 12.4 Å². The van der Waals surface area contributed by atoms with E-state index in [4.69, 9.17) is 27.5 Å². The van der Waals surface area contributed by atoms with Crippen LogP contribution in [0, 0.1) is 12.3 Å². The number of hydrogen-bond acceptors (Lipinski definition) is 3. The summed E-state index contributed by atoms with van der Waals surface area (Å²) in [5.41, 5.74) is 0.305. The minimum Gasteiger partial charge on any atom is -0.480 e. The van der Waals surface area contributed by atoms with Gasteiger partial charge < -0.3 is 9.47 Å². The smallest absolute Gasteiger partial charge is 0.205 e. The monoisotopic (exact) mass is 312 g/mol. The molecule has 0 amide bonds. The van der Waals surface area contributed by atoms with Gasteiger partial charge >= 0.3 is 0 Å². The molecule has 0 saturated carbocycles. The zero-order valence-corrected chi connectivity index (χ0v) is 12.5. The molecule has 22 heavy (non-hydrogen) atoms. The van der Waals surface area contributed by atoms with Gasteiger partial charge in [0.1, 0.15) is 12.4 Å². The summed E-state index contributed by atoms with van der Waals surface area (Å²) in [6, 6.07) is 14.1. The van der Waals surface area contributed by atoms with Crippen LogP contribution in [0.2, 0.25) is 5.02 Å². The fourth-order valence-corrected chi connectivity index (χ4v) is 2.46. The number of para-hydroxylation sites is 1. The predicted octanol–water partition coefficient (Wildman–Crippen LogP) is 3.46. The van der Waals surface area contributed by atoms with Crippen molar-refractivity contribution in [2.45, 2.75) is 5.60 Å². The molecule has 3 nitrogen and oxygen atoms in total. The second-order valence-corrected chi connectivity index (χ2v) is 5.38. The van der Waals surface area contributed by atoms with E-state index in [1.165, 1.54) is 0 Å². The molecule has 0 radical (unpaired) electrons. The van der Waals surface area contributed by atoms with Gasteiger partial charge in [0.25, 0.3) is 0 Å². The molecule has 2 aromatic rings. The Labute approximate surface area is 133 Å². The molecule has 1 saturated heterocycles. The molecule has 1 aliphatic rings. The van der Waals surface area contributed by atoms with Crippen molar-refractivity contribution < 1.29 is 14.3 Å². The van der Waals surface area contributed by atoms with Crippen LogP contribution in [0.15, 0.2) is 48.5 Å². The van der Waals surface area contributed by atoms with Crippen molar-refractivity contribution in [3.63, 3.8) is 0 Å². The Hall–Kier alpha value is -2.28. The highest BCUT2D eigenvalue weighted by atomic mass is 35.5. The Bertz CT molecular complexity index is 740. The van der Waals surface area contributed by atoms with Crippen LogP contribution in [0.25, 0.3) is 0 Å². The standard InChI is InChI=1S/C18H13ClO3/c1-2-11-21-16-6-4-3-5-15(16)17(20)18(12-22-18)13-7-9-14(19)10-8-13/h1,3-10H,11-12H2. The topological polar surface area (TPSA) is 38.8 Å². The third-order valence-electron chi connectivity index (χ3n) is 3.55. The first-order valence-corrected chi connectivity index (χ1v) is 7.15. The summed E-state index contributed by atoms with van der Waals surface area (Å²) in [5.74, 6) is 2.73. The SMILES string of the molecule is C#CCOc1ccccc1C(=O)C1(c2ccc(Cl)cc2)CO1. The molecule has 1 heterocycles. The number of epoxide rings is 1. The molecule has 0 spiro atoms. The highest BCUT2D eigenvalue weighted by molar-refractivity contribution is 6.30. The molecule has 0 aromatic heterocycles. The maximum Gasteiger partial charge on any atom is 0.205 e. The van der Waals surface area contributed by atoms with Crippen molar-refractivity contribution in [2.24, 2.45) is 0 Å². The lowest BCUT2D eigenvalue weighted by Gasteiger charge is -2.14. The third-order valence-corrected chi connectivity index (χ3v) is 3.81. The second-order valence-electron chi connectivity index (χ2n) is 4.94. The third kappa shape index (κ3) is 2.59. The zero-order chi connectivity index (χ0) is 15.6. The van der Waals surface area contributed by atoms with E-state index in [1.54, 1.807) is 48.5 Å². The van der Waals surface area contributed by atoms with Gasteiger partial charge in [-0.25, -0.2) is 0 Å². The first-order valence-electron chi connectivity index (χ1n) is 6.77. The summed E-state index contributed by atoms with van der Waals surface area (Å²) >= 11 is 5.90. The van der Waals surface area contributed by atoms with Gasteiger partial charge in [-0.3, -0.25) is 4.79 Å². The number of halogens is 1. The Morgan fingerprint density at radius 1 is 1.27 bits per heavy atom. The molecule has 110 valence electrons.